The number of nitro groups is 1. The van der Waals surface area contributed by atoms with Gasteiger partial charge >= 0.3 is 0 Å². The van der Waals surface area contributed by atoms with Gasteiger partial charge in [0.1, 0.15) is 10.6 Å². The third-order valence-corrected chi connectivity index (χ3v) is 6.51. The molecule has 0 saturated heterocycles. The molecule has 0 aromatic heterocycles. The number of rotatable bonds is 4. The summed E-state index contributed by atoms with van der Waals surface area (Å²) in [7, 11) is -3.67. The quantitative estimate of drug-likeness (QED) is 0.492. The van der Waals surface area contributed by atoms with Crippen LogP contribution in [0, 0.1) is 15.9 Å². The number of nitrogens with zero attached hydrogens (tertiary/aromatic N) is 1. The van der Waals surface area contributed by atoms with Crippen LogP contribution in [0.1, 0.15) is 18.4 Å². The summed E-state index contributed by atoms with van der Waals surface area (Å²) in [6.07, 6.45) is 0.898. The van der Waals surface area contributed by atoms with E-state index in [9.17, 15) is 22.9 Å². The van der Waals surface area contributed by atoms with Gasteiger partial charge in [0, 0.05) is 12.1 Å². The fourth-order valence-electron chi connectivity index (χ4n) is 2.55. The van der Waals surface area contributed by atoms with Gasteiger partial charge in [-0.2, -0.15) is 0 Å². The molecule has 0 heterocycles. The minimum atomic E-state index is -3.67. The zero-order valence-corrected chi connectivity index (χ0v) is 12.2. The van der Waals surface area contributed by atoms with E-state index < -0.39 is 25.3 Å². The molecule has 0 aliphatic heterocycles. The van der Waals surface area contributed by atoms with E-state index in [1.807, 2.05) is 0 Å². The van der Waals surface area contributed by atoms with Crippen LogP contribution in [0.3, 0.4) is 0 Å². The average molecular weight is 321 g/mol. The smallest absolute Gasteiger partial charge is 0.258 e. The number of hydrogen-bond donors (Lipinski definition) is 0. The second kappa shape index (κ2) is 4.88. The third kappa shape index (κ3) is 2.18. The first kappa shape index (κ1) is 14.6. The molecular weight excluding hydrogens is 309 g/mol. The van der Waals surface area contributed by atoms with Gasteiger partial charge in [0.05, 0.1) is 9.82 Å². The van der Waals surface area contributed by atoms with Crippen molar-refractivity contribution in [3.63, 3.8) is 0 Å². The maximum absolute atomic E-state index is 13.0. The Morgan fingerprint density at radius 3 is 2.00 bits per heavy atom. The van der Waals surface area contributed by atoms with Crippen LogP contribution in [0.25, 0.3) is 0 Å². The van der Waals surface area contributed by atoms with Gasteiger partial charge < -0.3 is 0 Å². The zero-order chi connectivity index (χ0) is 16.0. The Kier molecular flexibility index (Phi) is 3.25. The number of hydrogen-bond acceptors (Lipinski definition) is 4. The van der Waals surface area contributed by atoms with Crippen LogP contribution in [0.2, 0.25) is 0 Å². The van der Waals surface area contributed by atoms with Crippen molar-refractivity contribution < 1.29 is 17.7 Å². The predicted molar refractivity (Wildman–Crippen MR) is 77.6 cm³/mol. The van der Waals surface area contributed by atoms with Crippen LogP contribution >= 0.6 is 0 Å². The molecule has 1 fully saturated rings. The van der Waals surface area contributed by atoms with Crippen LogP contribution in [0.15, 0.2) is 53.4 Å². The lowest BCUT2D eigenvalue weighted by Crippen LogP contribution is -2.21. The monoisotopic (exact) mass is 321 g/mol. The third-order valence-electron chi connectivity index (χ3n) is 3.95. The highest BCUT2D eigenvalue weighted by Gasteiger charge is 2.56. The summed E-state index contributed by atoms with van der Waals surface area (Å²) in [5, 5.41) is 10.7. The highest BCUT2D eigenvalue weighted by atomic mass is 32.2. The molecule has 0 spiro atoms. The molecule has 0 unspecified atom stereocenters. The SMILES string of the molecule is O=[N+]([O-])c1ccc(C2(S(=O)(=O)c3ccc(F)cc3)CC2)cc1. The number of sulfone groups is 1. The zero-order valence-electron chi connectivity index (χ0n) is 11.4. The number of halogens is 1. The second-order valence-electron chi connectivity index (χ2n) is 5.26. The van der Waals surface area contributed by atoms with Crippen molar-refractivity contribution in [1.82, 2.24) is 0 Å². The van der Waals surface area contributed by atoms with E-state index in [0.717, 1.165) is 12.1 Å². The van der Waals surface area contributed by atoms with Gasteiger partial charge in [-0.15, -0.1) is 0 Å². The maximum atomic E-state index is 13.0. The summed E-state index contributed by atoms with van der Waals surface area (Å²) in [5.41, 5.74) is 0.446. The van der Waals surface area contributed by atoms with Crippen molar-refractivity contribution in [2.24, 2.45) is 0 Å². The summed E-state index contributed by atoms with van der Waals surface area (Å²) in [6, 6.07) is 10.3. The van der Waals surface area contributed by atoms with Gasteiger partial charge in [-0.3, -0.25) is 10.1 Å². The molecule has 22 heavy (non-hydrogen) atoms. The van der Waals surface area contributed by atoms with Gasteiger partial charge in [-0.25, -0.2) is 12.8 Å². The van der Waals surface area contributed by atoms with Crippen molar-refractivity contribution in [2.75, 3.05) is 0 Å². The highest BCUT2D eigenvalue weighted by Crippen LogP contribution is 2.55. The molecule has 1 aliphatic rings. The first-order chi connectivity index (χ1) is 10.4. The number of non-ortho nitro benzene ring substituents is 1. The predicted octanol–water partition coefficient (Wildman–Crippen LogP) is 3.20. The van der Waals surface area contributed by atoms with E-state index in [1.165, 1.54) is 36.4 Å². The second-order valence-corrected chi connectivity index (χ2v) is 7.52. The first-order valence-electron chi connectivity index (χ1n) is 6.62. The molecule has 0 bridgehead atoms. The molecular formula is C15H12FNO4S. The lowest BCUT2D eigenvalue weighted by atomic mass is 10.1. The Morgan fingerprint density at radius 1 is 1.00 bits per heavy atom. The molecule has 5 nitrogen and oxygen atoms in total. The van der Waals surface area contributed by atoms with Crippen molar-refractivity contribution in [2.45, 2.75) is 22.5 Å². The Balaban J connectivity index is 2.02. The molecule has 0 amide bonds. The summed E-state index contributed by atoms with van der Waals surface area (Å²) in [5.74, 6) is -0.501. The van der Waals surface area contributed by atoms with Crippen LogP contribution in [0.5, 0.6) is 0 Å². The fourth-order valence-corrected chi connectivity index (χ4v) is 4.58. The van der Waals surface area contributed by atoms with E-state index >= 15 is 0 Å². The van der Waals surface area contributed by atoms with E-state index in [1.54, 1.807) is 0 Å². The van der Waals surface area contributed by atoms with Crippen molar-refractivity contribution >= 4 is 15.5 Å². The number of benzene rings is 2. The largest absolute Gasteiger partial charge is 0.269 e. The Hall–Kier alpha value is -2.28. The molecule has 0 radical (unpaired) electrons. The average Bonchev–Trinajstić information content (AvgIpc) is 3.30. The lowest BCUT2D eigenvalue weighted by Gasteiger charge is -2.16. The van der Waals surface area contributed by atoms with Crippen LogP contribution in [-0.4, -0.2) is 13.3 Å². The summed E-state index contributed by atoms with van der Waals surface area (Å²) < 4.78 is 37.5. The molecule has 0 N–H and O–H groups in total. The van der Waals surface area contributed by atoms with Crippen molar-refractivity contribution in [3.05, 3.63) is 70.0 Å². The fraction of sp³-hybridized carbons (Fsp3) is 0.200. The minimum Gasteiger partial charge on any atom is -0.258 e. The Labute approximate surface area is 126 Å². The van der Waals surface area contributed by atoms with Crippen LogP contribution in [-0.2, 0) is 14.6 Å². The van der Waals surface area contributed by atoms with E-state index in [4.69, 9.17) is 0 Å². The van der Waals surface area contributed by atoms with Gasteiger partial charge in [0.2, 0.25) is 0 Å². The molecule has 7 heteroatoms. The molecule has 2 aromatic rings. The van der Waals surface area contributed by atoms with E-state index in [2.05, 4.69) is 0 Å². The van der Waals surface area contributed by atoms with Gasteiger partial charge in [0.25, 0.3) is 5.69 Å². The molecule has 3 rings (SSSR count). The minimum absolute atomic E-state index is 0.0600. The van der Waals surface area contributed by atoms with Gasteiger partial charge in [0.15, 0.2) is 9.84 Å². The summed E-state index contributed by atoms with van der Waals surface area (Å²) >= 11 is 0. The van der Waals surface area contributed by atoms with E-state index in [0.29, 0.717) is 18.4 Å². The van der Waals surface area contributed by atoms with Gasteiger partial charge in [-0.05, 0) is 42.7 Å². The maximum Gasteiger partial charge on any atom is 0.269 e. The molecule has 1 aliphatic carbocycles. The Morgan fingerprint density at radius 2 is 1.55 bits per heavy atom. The Bertz CT molecular complexity index is 825. The summed E-state index contributed by atoms with van der Waals surface area (Å²) in [4.78, 5) is 10.2. The molecule has 1 saturated carbocycles. The van der Waals surface area contributed by atoms with Crippen molar-refractivity contribution in [3.8, 4) is 0 Å². The van der Waals surface area contributed by atoms with Gasteiger partial charge in [-0.1, -0.05) is 12.1 Å². The first-order valence-corrected chi connectivity index (χ1v) is 8.10. The number of nitro benzene ring substituents is 1. The normalized spacial score (nSPS) is 16.2. The standard InChI is InChI=1S/C15H12FNO4S/c16-12-3-7-14(8-4-12)22(20,21)15(9-10-15)11-1-5-13(6-2-11)17(18)19/h1-8H,9-10H2. The van der Waals surface area contributed by atoms with Crippen LogP contribution in [0.4, 0.5) is 10.1 Å². The summed E-state index contributed by atoms with van der Waals surface area (Å²) in [6.45, 7) is 0. The molecule has 0 atom stereocenters. The van der Waals surface area contributed by atoms with E-state index in [-0.39, 0.29) is 10.6 Å². The van der Waals surface area contributed by atoms with Crippen molar-refractivity contribution in [1.29, 1.82) is 0 Å². The van der Waals surface area contributed by atoms with Crippen LogP contribution < -0.4 is 0 Å². The topological polar surface area (TPSA) is 77.3 Å². The lowest BCUT2D eigenvalue weighted by molar-refractivity contribution is -0.384. The highest BCUT2D eigenvalue weighted by molar-refractivity contribution is 7.92. The molecule has 114 valence electrons. The molecule has 2 aromatic carbocycles.